The van der Waals surface area contributed by atoms with Crippen molar-refractivity contribution < 1.29 is 19.9 Å². The van der Waals surface area contributed by atoms with E-state index in [1.807, 2.05) is 0 Å². The van der Waals surface area contributed by atoms with Crippen LogP contribution in [0.25, 0.3) is 0 Å². The molecule has 6 heteroatoms. The number of aliphatic hydroxyl groups is 2. The standard InChI is InChI=1S/C13H15NO5/c15-11-10-8(14(17)18)4-3-5-9(10)19-13(12(11)16)6-1-2-7-13/h3-5,11-12,15-16H,1-2,6-7H2/t11-,12-/m1/s1. The zero-order valence-electron chi connectivity index (χ0n) is 10.3. The largest absolute Gasteiger partial charge is 0.484 e. The van der Waals surface area contributed by atoms with Crippen molar-refractivity contribution in [3.63, 3.8) is 0 Å². The van der Waals surface area contributed by atoms with Crippen LogP contribution in [0.5, 0.6) is 5.75 Å². The maximum Gasteiger partial charge on any atom is 0.279 e. The molecule has 2 N–H and O–H groups in total. The maximum absolute atomic E-state index is 11.0. The molecule has 6 nitrogen and oxygen atoms in total. The highest BCUT2D eigenvalue weighted by Gasteiger charge is 2.52. The number of hydrogen-bond donors (Lipinski definition) is 2. The van der Waals surface area contributed by atoms with Crippen LogP contribution in [-0.2, 0) is 0 Å². The lowest BCUT2D eigenvalue weighted by molar-refractivity contribution is -0.386. The summed E-state index contributed by atoms with van der Waals surface area (Å²) >= 11 is 0. The van der Waals surface area contributed by atoms with Crippen molar-refractivity contribution in [1.29, 1.82) is 0 Å². The zero-order chi connectivity index (χ0) is 13.6. The van der Waals surface area contributed by atoms with Crippen LogP contribution in [-0.4, -0.2) is 26.8 Å². The van der Waals surface area contributed by atoms with Crippen LogP contribution in [0, 0.1) is 10.1 Å². The van der Waals surface area contributed by atoms with Crippen molar-refractivity contribution >= 4 is 5.69 Å². The van der Waals surface area contributed by atoms with Gasteiger partial charge >= 0.3 is 0 Å². The van der Waals surface area contributed by atoms with E-state index in [-0.39, 0.29) is 11.3 Å². The minimum absolute atomic E-state index is 0.0810. The van der Waals surface area contributed by atoms with Gasteiger partial charge in [-0.2, -0.15) is 0 Å². The van der Waals surface area contributed by atoms with Gasteiger partial charge in [0.25, 0.3) is 5.69 Å². The lowest BCUT2D eigenvalue weighted by atomic mass is 9.84. The van der Waals surface area contributed by atoms with Gasteiger partial charge in [0.05, 0.1) is 4.92 Å². The number of rotatable bonds is 1. The van der Waals surface area contributed by atoms with Gasteiger partial charge in [0.1, 0.15) is 29.1 Å². The number of hydrogen-bond acceptors (Lipinski definition) is 5. The van der Waals surface area contributed by atoms with Crippen molar-refractivity contribution in [2.24, 2.45) is 0 Å². The number of nitro benzene ring substituents is 1. The van der Waals surface area contributed by atoms with Crippen LogP contribution in [0.3, 0.4) is 0 Å². The van der Waals surface area contributed by atoms with Crippen LogP contribution in [0.15, 0.2) is 18.2 Å². The van der Waals surface area contributed by atoms with Gasteiger partial charge in [-0.3, -0.25) is 10.1 Å². The maximum atomic E-state index is 11.0. The fraction of sp³-hybridized carbons (Fsp3) is 0.538. The molecule has 1 spiro atoms. The van der Waals surface area contributed by atoms with Gasteiger partial charge in [0, 0.05) is 6.07 Å². The number of aliphatic hydroxyl groups excluding tert-OH is 2. The molecule has 1 aromatic rings. The van der Waals surface area contributed by atoms with Gasteiger partial charge in [-0.05, 0) is 31.7 Å². The summed E-state index contributed by atoms with van der Waals surface area (Å²) in [7, 11) is 0. The molecular weight excluding hydrogens is 250 g/mol. The van der Waals surface area contributed by atoms with Crippen LogP contribution >= 0.6 is 0 Å². The first-order valence-electron chi connectivity index (χ1n) is 6.38. The molecule has 0 radical (unpaired) electrons. The lowest BCUT2D eigenvalue weighted by Crippen LogP contribution is -2.51. The van der Waals surface area contributed by atoms with Gasteiger partial charge in [0.15, 0.2) is 0 Å². The second kappa shape index (κ2) is 4.18. The molecule has 3 rings (SSSR count). The normalized spacial score (nSPS) is 27.9. The SMILES string of the molecule is O=[N+]([O-])c1cccc2c1[C@@H](O)[C@@H](O)C1(CCCC1)O2. The molecular formula is C13H15NO5. The Morgan fingerprint density at radius 1 is 1.32 bits per heavy atom. The molecule has 0 unspecified atom stereocenters. The Kier molecular flexibility index (Phi) is 2.72. The second-order valence-electron chi connectivity index (χ2n) is 5.21. The van der Waals surface area contributed by atoms with Crippen LogP contribution in [0.1, 0.15) is 37.4 Å². The first kappa shape index (κ1) is 12.4. The molecule has 0 amide bonds. The molecule has 1 aliphatic carbocycles. The molecule has 2 aliphatic rings. The molecule has 1 saturated carbocycles. The summed E-state index contributed by atoms with van der Waals surface area (Å²) in [6.45, 7) is 0. The van der Waals surface area contributed by atoms with Crippen molar-refractivity contribution in [3.8, 4) is 5.75 Å². The van der Waals surface area contributed by atoms with Crippen molar-refractivity contribution in [3.05, 3.63) is 33.9 Å². The van der Waals surface area contributed by atoms with E-state index in [1.165, 1.54) is 12.1 Å². The molecule has 1 fully saturated rings. The molecule has 0 saturated heterocycles. The highest BCUT2D eigenvalue weighted by Crippen LogP contribution is 2.49. The first-order valence-corrected chi connectivity index (χ1v) is 6.38. The average Bonchev–Trinajstić information content (AvgIpc) is 2.85. The Balaban J connectivity index is 2.11. The topological polar surface area (TPSA) is 92.8 Å². The zero-order valence-corrected chi connectivity index (χ0v) is 10.3. The Morgan fingerprint density at radius 3 is 2.63 bits per heavy atom. The second-order valence-corrected chi connectivity index (χ2v) is 5.21. The number of nitro groups is 1. The smallest absolute Gasteiger partial charge is 0.279 e. The van der Waals surface area contributed by atoms with Crippen molar-refractivity contribution in [1.82, 2.24) is 0 Å². The Hall–Kier alpha value is -1.66. The number of ether oxygens (including phenoxy) is 1. The molecule has 19 heavy (non-hydrogen) atoms. The summed E-state index contributed by atoms with van der Waals surface area (Å²) in [5.74, 6) is 0.314. The first-order chi connectivity index (χ1) is 9.05. The highest BCUT2D eigenvalue weighted by atomic mass is 16.6. The fourth-order valence-electron chi connectivity index (χ4n) is 3.17. The molecule has 0 bridgehead atoms. The summed E-state index contributed by atoms with van der Waals surface area (Å²) in [6.07, 6.45) is 0.773. The minimum Gasteiger partial charge on any atom is -0.484 e. The molecule has 1 aromatic carbocycles. The van der Waals surface area contributed by atoms with Crippen LogP contribution in [0.2, 0.25) is 0 Å². The van der Waals surface area contributed by atoms with E-state index in [0.29, 0.717) is 18.6 Å². The van der Waals surface area contributed by atoms with E-state index >= 15 is 0 Å². The third-order valence-electron chi connectivity index (χ3n) is 4.14. The number of benzene rings is 1. The summed E-state index contributed by atoms with van der Waals surface area (Å²) in [6, 6.07) is 4.45. The van der Waals surface area contributed by atoms with E-state index < -0.39 is 22.7 Å². The van der Waals surface area contributed by atoms with Crippen LogP contribution < -0.4 is 4.74 Å². The van der Waals surface area contributed by atoms with E-state index in [1.54, 1.807) is 6.07 Å². The van der Waals surface area contributed by atoms with Crippen LogP contribution in [0.4, 0.5) is 5.69 Å². The number of fused-ring (bicyclic) bond motifs is 1. The minimum atomic E-state index is -1.27. The predicted molar refractivity (Wildman–Crippen MR) is 65.9 cm³/mol. The molecule has 1 aliphatic heterocycles. The molecule has 2 atom stereocenters. The van der Waals surface area contributed by atoms with Gasteiger partial charge in [-0.25, -0.2) is 0 Å². The lowest BCUT2D eigenvalue weighted by Gasteiger charge is -2.42. The summed E-state index contributed by atoms with van der Waals surface area (Å²) in [4.78, 5) is 10.4. The third kappa shape index (κ3) is 1.71. The third-order valence-corrected chi connectivity index (χ3v) is 4.14. The van der Waals surface area contributed by atoms with Crippen molar-refractivity contribution in [2.75, 3.05) is 0 Å². The summed E-state index contributed by atoms with van der Waals surface area (Å²) in [5.41, 5.74) is -0.920. The number of nitrogens with zero attached hydrogens (tertiary/aromatic N) is 1. The van der Waals surface area contributed by atoms with Gasteiger partial charge in [-0.1, -0.05) is 6.07 Å². The van der Waals surface area contributed by atoms with Gasteiger partial charge < -0.3 is 14.9 Å². The van der Waals surface area contributed by atoms with Gasteiger partial charge in [0.2, 0.25) is 0 Å². The van der Waals surface area contributed by atoms with E-state index in [4.69, 9.17) is 4.74 Å². The van der Waals surface area contributed by atoms with Crippen molar-refractivity contribution in [2.45, 2.75) is 43.5 Å². The summed E-state index contributed by atoms with van der Waals surface area (Å²) in [5, 5.41) is 31.5. The quantitative estimate of drug-likeness (QED) is 0.595. The average molecular weight is 265 g/mol. The Morgan fingerprint density at radius 2 is 2.00 bits per heavy atom. The molecule has 0 aromatic heterocycles. The monoisotopic (exact) mass is 265 g/mol. The van der Waals surface area contributed by atoms with Gasteiger partial charge in [-0.15, -0.1) is 0 Å². The van der Waals surface area contributed by atoms with E-state index in [0.717, 1.165) is 12.8 Å². The highest BCUT2D eigenvalue weighted by molar-refractivity contribution is 5.53. The predicted octanol–water partition coefficient (Wildman–Crippen LogP) is 1.69. The summed E-state index contributed by atoms with van der Waals surface area (Å²) < 4.78 is 5.84. The van der Waals surface area contributed by atoms with E-state index in [2.05, 4.69) is 0 Å². The fourth-order valence-corrected chi connectivity index (χ4v) is 3.17. The van der Waals surface area contributed by atoms with E-state index in [9.17, 15) is 20.3 Å². The Labute approximate surface area is 109 Å². The molecule has 1 heterocycles. The molecule has 102 valence electrons. The Bertz CT molecular complexity index is 524.